The van der Waals surface area contributed by atoms with Crippen LogP contribution in [0.15, 0.2) is 29.3 Å². The largest absolute Gasteiger partial charge is 0.379 e. The molecule has 28 heavy (non-hydrogen) atoms. The average Bonchev–Trinajstić information content (AvgIpc) is 3.25. The van der Waals surface area contributed by atoms with Gasteiger partial charge in [-0.3, -0.25) is 9.89 Å². The number of likely N-dealkylation sites (tertiary alicyclic amines) is 1. The zero-order valence-electron chi connectivity index (χ0n) is 17.3. The molecule has 3 rings (SSSR count). The van der Waals surface area contributed by atoms with Gasteiger partial charge in [0.15, 0.2) is 5.96 Å². The van der Waals surface area contributed by atoms with Crippen LogP contribution in [0.4, 0.5) is 0 Å². The zero-order valence-corrected chi connectivity index (χ0v) is 17.3. The molecule has 0 aromatic heterocycles. The van der Waals surface area contributed by atoms with Crippen LogP contribution >= 0.6 is 0 Å². The first-order valence-corrected chi connectivity index (χ1v) is 10.8. The zero-order chi connectivity index (χ0) is 19.4. The smallest absolute Gasteiger partial charge is 0.191 e. The van der Waals surface area contributed by atoms with Gasteiger partial charge in [0.1, 0.15) is 0 Å². The van der Waals surface area contributed by atoms with E-state index < -0.39 is 0 Å². The molecule has 2 aliphatic heterocycles. The second-order valence-corrected chi connectivity index (χ2v) is 7.72. The molecule has 6 heteroatoms. The Morgan fingerprint density at radius 3 is 2.64 bits per heavy atom. The summed E-state index contributed by atoms with van der Waals surface area (Å²) in [5, 5.41) is 6.74. The molecule has 1 aromatic rings. The molecule has 0 spiro atoms. The minimum absolute atomic E-state index is 0.287. The summed E-state index contributed by atoms with van der Waals surface area (Å²) >= 11 is 0. The van der Waals surface area contributed by atoms with Gasteiger partial charge in [0.25, 0.3) is 0 Å². The van der Waals surface area contributed by atoms with Gasteiger partial charge in [0.2, 0.25) is 0 Å². The Morgan fingerprint density at radius 2 is 1.93 bits per heavy atom. The molecule has 2 aliphatic rings. The van der Waals surface area contributed by atoms with Gasteiger partial charge >= 0.3 is 0 Å². The minimum Gasteiger partial charge on any atom is -0.379 e. The number of rotatable bonds is 9. The van der Waals surface area contributed by atoms with Crippen molar-refractivity contribution in [3.05, 3.63) is 35.4 Å². The summed E-state index contributed by atoms with van der Waals surface area (Å²) in [6, 6.07) is 8.95. The first kappa shape index (κ1) is 21.1. The highest BCUT2D eigenvalue weighted by molar-refractivity contribution is 5.79. The molecule has 2 fully saturated rings. The highest BCUT2D eigenvalue weighted by atomic mass is 16.5. The molecule has 1 unspecified atom stereocenters. The summed E-state index contributed by atoms with van der Waals surface area (Å²) in [6.45, 7) is 7.52. The van der Waals surface area contributed by atoms with Crippen LogP contribution in [0.1, 0.15) is 43.2 Å². The Labute approximate surface area is 169 Å². The average molecular weight is 389 g/mol. The molecule has 2 saturated heterocycles. The maximum atomic E-state index is 5.78. The summed E-state index contributed by atoms with van der Waals surface area (Å²) in [6.07, 6.45) is 6.34. The lowest BCUT2D eigenvalue weighted by Gasteiger charge is -2.26. The van der Waals surface area contributed by atoms with Gasteiger partial charge in [-0.15, -0.1) is 0 Å². The van der Waals surface area contributed by atoms with Crippen LogP contribution in [0.5, 0.6) is 0 Å². The Morgan fingerprint density at radius 1 is 1.14 bits per heavy atom. The number of ether oxygens (including phenoxy) is 2. The number of nitrogens with zero attached hydrogens (tertiary/aromatic N) is 2. The molecule has 1 aromatic carbocycles. The molecule has 6 nitrogen and oxygen atoms in total. The van der Waals surface area contributed by atoms with E-state index in [1.165, 1.54) is 43.5 Å². The molecule has 1 atom stereocenters. The van der Waals surface area contributed by atoms with Gasteiger partial charge < -0.3 is 20.1 Å². The summed E-state index contributed by atoms with van der Waals surface area (Å²) < 4.78 is 11.1. The van der Waals surface area contributed by atoms with Crippen molar-refractivity contribution in [2.45, 2.75) is 51.3 Å². The Bertz CT molecular complexity index is 579. The van der Waals surface area contributed by atoms with Crippen LogP contribution in [0.25, 0.3) is 0 Å². The summed E-state index contributed by atoms with van der Waals surface area (Å²) in [4.78, 5) is 6.86. The second-order valence-electron chi connectivity index (χ2n) is 7.72. The van der Waals surface area contributed by atoms with Crippen LogP contribution in [-0.4, -0.2) is 63.5 Å². The predicted octanol–water partition coefficient (Wildman–Crippen LogP) is 2.53. The van der Waals surface area contributed by atoms with E-state index in [0.29, 0.717) is 0 Å². The number of hydrogen-bond acceptors (Lipinski definition) is 4. The molecular formula is C22H36N4O2. The number of hydrogen-bond donors (Lipinski definition) is 2. The number of benzene rings is 1. The SMILES string of the molecule is CN=C(NCCCOC1CCOC1)NCc1ccc(CN2CCCCC2)cc1. The van der Waals surface area contributed by atoms with E-state index in [1.807, 2.05) is 7.05 Å². The lowest BCUT2D eigenvalue weighted by Crippen LogP contribution is -2.37. The highest BCUT2D eigenvalue weighted by Crippen LogP contribution is 2.13. The van der Waals surface area contributed by atoms with Crippen molar-refractivity contribution >= 4 is 5.96 Å². The van der Waals surface area contributed by atoms with Gasteiger partial charge in [-0.1, -0.05) is 30.7 Å². The lowest BCUT2D eigenvalue weighted by atomic mass is 10.1. The van der Waals surface area contributed by atoms with Gasteiger partial charge in [-0.05, 0) is 49.9 Å². The second kappa shape index (κ2) is 12.0. The third-order valence-electron chi connectivity index (χ3n) is 5.42. The van der Waals surface area contributed by atoms with Crippen LogP contribution in [-0.2, 0) is 22.6 Å². The van der Waals surface area contributed by atoms with Gasteiger partial charge in [0.05, 0.1) is 12.7 Å². The molecule has 0 bridgehead atoms. The van der Waals surface area contributed by atoms with Crippen LogP contribution in [0.2, 0.25) is 0 Å². The third kappa shape index (κ3) is 7.41. The first-order chi connectivity index (χ1) is 13.8. The fourth-order valence-corrected chi connectivity index (χ4v) is 3.72. The Kier molecular flexibility index (Phi) is 9.07. The van der Waals surface area contributed by atoms with Crippen molar-refractivity contribution in [2.75, 3.05) is 46.5 Å². The quantitative estimate of drug-likeness (QED) is 0.387. The molecule has 2 N–H and O–H groups in total. The maximum Gasteiger partial charge on any atom is 0.191 e. The Balaban J connectivity index is 1.30. The topological polar surface area (TPSA) is 58.1 Å². The lowest BCUT2D eigenvalue weighted by molar-refractivity contribution is 0.0420. The first-order valence-electron chi connectivity index (χ1n) is 10.8. The fraction of sp³-hybridized carbons (Fsp3) is 0.682. The molecule has 0 aliphatic carbocycles. The van der Waals surface area contributed by atoms with E-state index in [-0.39, 0.29) is 6.10 Å². The van der Waals surface area contributed by atoms with Crippen molar-refractivity contribution in [1.82, 2.24) is 15.5 Å². The normalized spacial score (nSPS) is 21.0. The number of piperidine rings is 1. The summed E-state index contributed by atoms with van der Waals surface area (Å²) in [5.74, 6) is 0.835. The molecular weight excluding hydrogens is 352 g/mol. The van der Waals surface area contributed by atoms with Crippen molar-refractivity contribution < 1.29 is 9.47 Å². The monoisotopic (exact) mass is 388 g/mol. The maximum absolute atomic E-state index is 5.78. The third-order valence-corrected chi connectivity index (χ3v) is 5.42. The van der Waals surface area contributed by atoms with Gasteiger partial charge in [-0.25, -0.2) is 0 Å². The van der Waals surface area contributed by atoms with E-state index >= 15 is 0 Å². The van der Waals surface area contributed by atoms with Crippen molar-refractivity contribution in [3.63, 3.8) is 0 Å². The van der Waals surface area contributed by atoms with E-state index in [9.17, 15) is 0 Å². The van der Waals surface area contributed by atoms with Crippen LogP contribution in [0, 0.1) is 0 Å². The minimum atomic E-state index is 0.287. The molecule has 2 heterocycles. The highest BCUT2D eigenvalue weighted by Gasteiger charge is 2.15. The predicted molar refractivity (Wildman–Crippen MR) is 114 cm³/mol. The molecule has 0 saturated carbocycles. The van der Waals surface area contributed by atoms with Crippen molar-refractivity contribution in [1.29, 1.82) is 0 Å². The standard InChI is InChI=1S/C22H36N4O2/c1-23-22(24-11-5-14-28-21-10-15-27-18-21)25-16-19-6-8-20(9-7-19)17-26-12-3-2-4-13-26/h6-9,21H,2-5,10-18H2,1H3,(H2,23,24,25). The van der Waals surface area contributed by atoms with E-state index in [0.717, 1.165) is 58.3 Å². The molecule has 0 amide bonds. The Hall–Kier alpha value is -1.63. The van der Waals surface area contributed by atoms with Crippen molar-refractivity contribution in [3.8, 4) is 0 Å². The van der Waals surface area contributed by atoms with Gasteiger partial charge in [0, 0.05) is 39.9 Å². The fourth-order valence-electron chi connectivity index (χ4n) is 3.72. The molecule has 0 radical (unpaired) electrons. The summed E-state index contributed by atoms with van der Waals surface area (Å²) in [5.41, 5.74) is 2.68. The van der Waals surface area contributed by atoms with E-state index in [4.69, 9.17) is 9.47 Å². The number of guanidine groups is 1. The van der Waals surface area contributed by atoms with Crippen molar-refractivity contribution in [2.24, 2.45) is 4.99 Å². The van der Waals surface area contributed by atoms with E-state index in [1.54, 1.807) is 0 Å². The van der Waals surface area contributed by atoms with Gasteiger partial charge in [-0.2, -0.15) is 0 Å². The van der Waals surface area contributed by atoms with Crippen LogP contribution in [0.3, 0.4) is 0 Å². The molecule has 156 valence electrons. The summed E-state index contributed by atoms with van der Waals surface area (Å²) in [7, 11) is 1.81. The van der Waals surface area contributed by atoms with Crippen LogP contribution < -0.4 is 10.6 Å². The number of nitrogens with one attached hydrogen (secondary N) is 2. The van der Waals surface area contributed by atoms with E-state index in [2.05, 4.69) is 44.8 Å². The number of aliphatic imine (C=N–C) groups is 1.